The summed E-state index contributed by atoms with van der Waals surface area (Å²) in [6, 6.07) is 4.08. The number of rotatable bonds is 7. The van der Waals surface area contributed by atoms with E-state index in [1.165, 1.54) is 12.8 Å². The molecular weight excluding hydrogens is 281 g/mol. The van der Waals surface area contributed by atoms with Crippen molar-refractivity contribution in [3.05, 3.63) is 27.7 Å². The van der Waals surface area contributed by atoms with Gasteiger partial charge < -0.3 is 10.1 Å². The first-order valence-corrected chi connectivity index (χ1v) is 7.66. The van der Waals surface area contributed by atoms with Gasteiger partial charge >= 0.3 is 0 Å². The molecule has 0 amide bonds. The first-order chi connectivity index (χ1) is 9.06. The molecule has 1 aromatic rings. The topological polar surface area (TPSA) is 21.3 Å². The fraction of sp³-hybridized carbons (Fsp3) is 0.600. The third-order valence-corrected chi connectivity index (χ3v) is 3.75. The van der Waals surface area contributed by atoms with Crippen LogP contribution < -0.4 is 10.1 Å². The summed E-state index contributed by atoms with van der Waals surface area (Å²) in [5.74, 6) is 1.64. The van der Waals surface area contributed by atoms with E-state index in [0.717, 1.165) is 36.8 Å². The molecule has 2 rings (SSSR count). The van der Waals surface area contributed by atoms with Crippen molar-refractivity contribution in [1.82, 2.24) is 5.32 Å². The smallest absolute Gasteiger partial charge is 0.142 e. The van der Waals surface area contributed by atoms with Crippen LogP contribution in [0.5, 0.6) is 5.75 Å². The van der Waals surface area contributed by atoms with Crippen LogP contribution in [0.2, 0.25) is 10.0 Å². The molecule has 0 aliphatic heterocycles. The molecule has 0 atom stereocenters. The highest BCUT2D eigenvalue weighted by molar-refractivity contribution is 6.35. The molecule has 0 saturated heterocycles. The highest BCUT2D eigenvalue weighted by atomic mass is 35.5. The summed E-state index contributed by atoms with van der Waals surface area (Å²) in [5, 5.41) is 4.62. The van der Waals surface area contributed by atoms with E-state index < -0.39 is 0 Å². The zero-order chi connectivity index (χ0) is 13.8. The average molecular weight is 302 g/mol. The van der Waals surface area contributed by atoms with E-state index in [2.05, 4.69) is 19.2 Å². The lowest BCUT2D eigenvalue weighted by Crippen LogP contribution is -2.22. The summed E-state index contributed by atoms with van der Waals surface area (Å²) in [4.78, 5) is 0. The molecule has 0 radical (unpaired) electrons. The van der Waals surface area contributed by atoms with Gasteiger partial charge in [0.1, 0.15) is 5.75 Å². The second-order valence-electron chi connectivity index (χ2n) is 5.49. The molecule has 0 aromatic heterocycles. The number of nitrogens with one attached hydrogen (secondary N) is 1. The molecule has 0 heterocycles. The molecule has 1 fully saturated rings. The molecule has 0 spiro atoms. The minimum atomic E-state index is 0.414. The molecule has 0 unspecified atom stereocenters. The van der Waals surface area contributed by atoms with E-state index in [-0.39, 0.29) is 0 Å². The van der Waals surface area contributed by atoms with E-state index in [0.29, 0.717) is 16.1 Å². The standard InChI is InChI=1S/C15H21Cl2NO/c1-10(2)18-9-12-7-13(16)8-14(17)15(12)19-6-5-11-3-4-11/h7-8,10-11,18H,3-6,9H2,1-2H3. The molecule has 106 valence electrons. The second kappa shape index (κ2) is 6.83. The summed E-state index contributed by atoms with van der Waals surface area (Å²) in [6.45, 7) is 5.68. The van der Waals surface area contributed by atoms with Crippen molar-refractivity contribution < 1.29 is 4.74 Å². The highest BCUT2D eigenvalue weighted by Crippen LogP contribution is 2.35. The van der Waals surface area contributed by atoms with Gasteiger partial charge in [0.05, 0.1) is 11.6 Å². The Balaban J connectivity index is 2.03. The minimum Gasteiger partial charge on any atom is -0.492 e. The maximum absolute atomic E-state index is 6.24. The van der Waals surface area contributed by atoms with Gasteiger partial charge in [-0.3, -0.25) is 0 Å². The number of benzene rings is 1. The largest absolute Gasteiger partial charge is 0.492 e. The van der Waals surface area contributed by atoms with Crippen molar-refractivity contribution >= 4 is 23.2 Å². The molecule has 1 N–H and O–H groups in total. The van der Waals surface area contributed by atoms with E-state index in [4.69, 9.17) is 27.9 Å². The Hall–Kier alpha value is -0.440. The fourth-order valence-electron chi connectivity index (χ4n) is 1.95. The van der Waals surface area contributed by atoms with Crippen LogP contribution in [0.15, 0.2) is 12.1 Å². The van der Waals surface area contributed by atoms with E-state index in [1.54, 1.807) is 6.07 Å². The van der Waals surface area contributed by atoms with Crippen LogP contribution in [0.25, 0.3) is 0 Å². The molecule has 2 nitrogen and oxygen atoms in total. The first kappa shape index (κ1) is 15.0. The lowest BCUT2D eigenvalue weighted by atomic mass is 10.2. The molecular formula is C15H21Cl2NO. The van der Waals surface area contributed by atoms with Gasteiger partial charge in [-0.25, -0.2) is 0 Å². The van der Waals surface area contributed by atoms with E-state index in [9.17, 15) is 0 Å². The van der Waals surface area contributed by atoms with Gasteiger partial charge in [-0.15, -0.1) is 0 Å². The molecule has 0 bridgehead atoms. The average Bonchev–Trinajstić information content (AvgIpc) is 3.13. The summed E-state index contributed by atoms with van der Waals surface area (Å²) in [5.41, 5.74) is 1.03. The van der Waals surface area contributed by atoms with Crippen molar-refractivity contribution in [3.63, 3.8) is 0 Å². The predicted octanol–water partition coefficient (Wildman–Crippen LogP) is 4.67. The van der Waals surface area contributed by atoms with Crippen LogP contribution in [-0.2, 0) is 6.54 Å². The summed E-state index contributed by atoms with van der Waals surface area (Å²) in [6.07, 6.45) is 3.81. The minimum absolute atomic E-state index is 0.414. The SMILES string of the molecule is CC(C)NCc1cc(Cl)cc(Cl)c1OCCC1CC1. The van der Waals surface area contributed by atoms with Gasteiger partial charge in [-0.1, -0.05) is 49.9 Å². The van der Waals surface area contributed by atoms with Crippen molar-refractivity contribution in [2.45, 2.75) is 45.7 Å². The molecule has 1 saturated carbocycles. The van der Waals surface area contributed by atoms with Gasteiger partial charge in [0.2, 0.25) is 0 Å². The lowest BCUT2D eigenvalue weighted by Gasteiger charge is -2.15. The Morgan fingerprint density at radius 2 is 2.05 bits per heavy atom. The van der Waals surface area contributed by atoms with Crippen LogP contribution >= 0.6 is 23.2 Å². The van der Waals surface area contributed by atoms with Crippen LogP contribution in [0.4, 0.5) is 0 Å². The van der Waals surface area contributed by atoms with Gasteiger partial charge in [0.15, 0.2) is 0 Å². The van der Waals surface area contributed by atoms with E-state index in [1.807, 2.05) is 6.07 Å². The molecule has 1 aliphatic rings. The normalized spacial score (nSPS) is 15.0. The zero-order valence-electron chi connectivity index (χ0n) is 11.5. The van der Waals surface area contributed by atoms with Crippen LogP contribution in [0.3, 0.4) is 0 Å². The van der Waals surface area contributed by atoms with Crippen molar-refractivity contribution in [2.75, 3.05) is 6.61 Å². The molecule has 4 heteroatoms. The van der Waals surface area contributed by atoms with Crippen molar-refractivity contribution in [1.29, 1.82) is 0 Å². The summed E-state index contributed by atoms with van der Waals surface area (Å²) < 4.78 is 5.88. The zero-order valence-corrected chi connectivity index (χ0v) is 13.0. The first-order valence-electron chi connectivity index (χ1n) is 6.90. The van der Waals surface area contributed by atoms with Crippen molar-refractivity contribution in [3.8, 4) is 5.75 Å². The second-order valence-corrected chi connectivity index (χ2v) is 6.34. The Bertz CT molecular complexity index is 430. The highest BCUT2D eigenvalue weighted by Gasteiger charge is 2.21. The number of hydrogen-bond donors (Lipinski definition) is 1. The lowest BCUT2D eigenvalue weighted by molar-refractivity contribution is 0.298. The Labute approximate surface area is 125 Å². The van der Waals surface area contributed by atoms with E-state index >= 15 is 0 Å². The Morgan fingerprint density at radius 3 is 2.68 bits per heavy atom. The monoisotopic (exact) mass is 301 g/mol. The summed E-state index contributed by atoms with van der Waals surface area (Å²) in [7, 11) is 0. The molecule has 1 aromatic carbocycles. The third kappa shape index (κ3) is 4.87. The number of ether oxygens (including phenoxy) is 1. The fourth-order valence-corrected chi connectivity index (χ4v) is 2.54. The van der Waals surface area contributed by atoms with Gasteiger partial charge in [0, 0.05) is 23.2 Å². The Kier molecular flexibility index (Phi) is 5.37. The maximum atomic E-state index is 6.24. The third-order valence-electron chi connectivity index (χ3n) is 3.26. The molecule has 19 heavy (non-hydrogen) atoms. The Morgan fingerprint density at radius 1 is 1.32 bits per heavy atom. The van der Waals surface area contributed by atoms with Gasteiger partial charge in [0.25, 0.3) is 0 Å². The van der Waals surface area contributed by atoms with Crippen LogP contribution in [0, 0.1) is 5.92 Å². The maximum Gasteiger partial charge on any atom is 0.142 e. The number of halogens is 2. The van der Waals surface area contributed by atoms with Gasteiger partial charge in [-0.2, -0.15) is 0 Å². The summed E-state index contributed by atoms with van der Waals surface area (Å²) >= 11 is 12.3. The van der Waals surface area contributed by atoms with Crippen molar-refractivity contribution in [2.24, 2.45) is 5.92 Å². The molecule has 1 aliphatic carbocycles. The predicted molar refractivity (Wildman–Crippen MR) is 81.3 cm³/mol. The number of hydrogen-bond acceptors (Lipinski definition) is 2. The quantitative estimate of drug-likeness (QED) is 0.790. The van der Waals surface area contributed by atoms with Gasteiger partial charge in [-0.05, 0) is 24.5 Å². The van der Waals surface area contributed by atoms with Crippen LogP contribution in [0.1, 0.15) is 38.7 Å². The van der Waals surface area contributed by atoms with Crippen LogP contribution in [-0.4, -0.2) is 12.6 Å².